The molecule has 3 N–H and O–H groups in total. The van der Waals surface area contributed by atoms with Crippen LogP contribution in [0.15, 0.2) is 47.1 Å². The molecule has 4 aliphatic carbocycles. The third-order valence-electron chi connectivity index (χ3n) is 11.0. The first-order valence-electron chi connectivity index (χ1n) is 14.7. The van der Waals surface area contributed by atoms with Crippen LogP contribution in [0.5, 0.6) is 0 Å². The Bertz CT molecular complexity index is 1230. The highest BCUT2D eigenvalue weighted by Gasteiger charge is 2.65. The van der Waals surface area contributed by atoms with Gasteiger partial charge >= 0.3 is 5.97 Å². The van der Waals surface area contributed by atoms with Gasteiger partial charge < -0.3 is 20.4 Å². The van der Waals surface area contributed by atoms with E-state index in [1.165, 1.54) is 5.57 Å². The second-order valence-corrected chi connectivity index (χ2v) is 12.9. The molecule has 7 atom stereocenters. The van der Waals surface area contributed by atoms with E-state index in [2.05, 4.69) is 30.4 Å². The Morgan fingerprint density at radius 3 is 2.48 bits per heavy atom. The first-order chi connectivity index (χ1) is 19.0. The van der Waals surface area contributed by atoms with E-state index in [9.17, 15) is 24.6 Å². The number of aliphatic carboxylic acids is 1. The van der Waals surface area contributed by atoms with Crippen molar-refractivity contribution in [3.63, 3.8) is 0 Å². The van der Waals surface area contributed by atoms with Gasteiger partial charge in [0.25, 0.3) is 5.91 Å². The smallest absolute Gasteiger partial charge is 0.326 e. The number of aliphatic hydroxyl groups is 1. The Morgan fingerprint density at radius 1 is 1.05 bits per heavy atom. The molecule has 8 nitrogen and oxygen atoms in total. The highest BCUT2D eigenvalue weighted by Crippen LogP contribution is 2.67. The number of nitrogens with zero attached hydrogens (tertiary/aromatic N) is 1. The number of nitrogens with one attached hydrogen (secondary N) is 1. The summed E-state index contributed by atoms with van der Waals surface area (Å²) in [4.78, 5) is 41.9. The van der Waals surface area contributed by atoms with Crippen LogP contribution in [0.25, 0.3) is 0 Å². The second-order valence-electron chi connectivity index (χ2n) is 12.9. The fourth-order valence-electron chi connectivity index (χ4n) is 8.70. The fourth-order valence-corrected chi connectivity index (χ4v) is 8.70. The minimum atomic E-state index is -1.19. The van der Waals surface area contributed by atoms with E-state index in [-0.39, 0.29) is 29.6 Å². The number of carbonyl (C=O) groups excluding carboxylic acids is 2. The maximum atomic E-state index is 12.5. The van der Waals surface area contributed by atoms with Crippen LogP contribution < -0.4 is 5.32 Å². The third kappa shape index (κ3) is 4.89. The molecule has 0 radical (unpaired) electrons. The van der Waals surface area contributed by atoms with Crippen molar-refractivity contribution in [2.45, 2.75) is 90.2 Å². The van der Waals surface area contributed by atoms with Crippen LogP contribution in [-0.2, 0) is 25.6 Å². The van der Waals surface area contributed by atoms with E-state index >= 15 is 0 Å². The summed E-state index contributed by atoms with van der Waals surface area (Å²) in [5.41, 5.74) is 1.54. The molecular formula is C32H42N2O6. The number of oxime groups is 1. The zero-order valence-corrected chi connectivity index (χ0v) is 23.8. The lowest BCUT2D eigenvalue weighted by atomic mass is 9.46. The fraction of sp³-hybridized carbons (Fsp3) is 0.625. The SMILES string of the molecule is CC(=O)[C@@]1(O)CC[C@H]2[C@@H]3CCC4=C/C(=N/OCC(=O)N[C@@H](Cc5ccccc5)C(=O)O)CC[C@]4(C)[C@H]3CC[C@@]21C. The standard InChI is InChI=1S/C32H42N2O6/c1-20(35)32(39)16-13-26-24-10-9-22-18-23(11-14-30(22,2)25(24)12-15-31(26,32)3)34-40-19-28(36)33-27(29(37)38)17-21-7-5-4-6-8-21/h4-8,18,24-27,39H,9-17,19H2,1-3H3,(H,33,36)(H,37,38)/b34-23+/t24-,25+,26+,27+,30+,31+,32+/m1/s1. The van der Waals surface area contributed by atoms with Gasteiger partial charge in [-0.3, -0.25) is 9.59 Å². The average molecular weight is 551 g/mol. The van der Waals surface area contributed by atoms with E-state index in [0.29, 0.717) is 24.2 Å². The summed E-state index contributed by atoms with van der Waals surface area (Å²) in [7, 11) is 0. The maximum Gasteiger partial charge on any atom is 0.326 e. The molecule has 0 bridgehead atoms. The van der Waals surface area contributed by atoms with Crippen LogP contribution in [-0.4, -0.2) is 51.8 Å². The molecule has 3 saturated carbocycles. The van der Waals surface area contributed by atoms with Crippen molar-refractivity contribution in [1.82, 2.24) is 5.32 Å². The summed E-state index contributed by atoms with van der Waals surface area (Å²) in [5, 5.41) is 27.7. The lowest BCUT2D eigenvalue weighted by Crippen LogP contribution is -2.57. The largest absolute Gasteiger partial charge is 0.480 e. The topological polar surface area (TPSA) is 125 Å². The van der Waals surface area contributed by atoms with E-state index < -0.39 is 23.5 Å². The van der Waals surface area contributed by atoms with Crippen LogP contribution in [0.4, 0.5) is 0 Å². The molecule has 0 aromatic heterocycles. The van der Waals surface area contributed by atoms with Gasteiger partial charge in [-0.25, -0.2) is 4.79 Å². The van der Waals surface area contributed by atoms with Crippen molar-refractivity contribution >= 4 is 23.4 Å². The number of ketones is 1. The summed E-state index contributed by atoms with van der Waals surface area (Å²) >= 11 is 0. The minimum Gasteiger partial charge on any atom is -0.480 e. The Labute approximate surface area is 236 Å². The number of hydrogen-bond acceptors (Lipinski definition) is 6. The molecule has 0 heterocycles. The number of rotatable bonds is 8. The zero-order valence-electron chi connectivity index (χ0n) is 23.8. The van der Waals surface area contributed by atoms with Gasteiger partial charge in [0.1, 0.15) is 11.6 Å². The summed E-state index contributed by atoms with van der Waals surface area (Å²) in [6.45, 7) is 5.72. The van der Waals surface area contributed by atoms with Crippen molar-refractivity contribution < 1.29 is 29.4 Å². The zero-order chi connectivity index (χ0) is 28.7. The van der Waals surface area contributed by atoms with Crippen molar-refractivity contribution in [1.29, 1.82) is 0 Å². The van der Waals surface area contributed by atoms with Crippen molar-refractivity contribution in [2.24, 2.45) is 33.7 Å². The van der Waals surface area contributed by atoms with Crippen molar-refractivity contribution in [3.8, 4) is 0 Å². The molecule has 0 saturated heterocycles. The van der Waals surface area contributed by atoms with Gasteiger partial charge in [0.15, 0.2) is 12.4 Å². The lowest BCUT2D eigenvalue weighted by Gasteiger charge is -2.59. The normalized spacial score (nSPS) is 36.5. The molecule has 5 rings (SSSR count). The molecule has 0 unspecified atom stereocenters. The van der Waals surface area contributed by atoms with Crippen LogP contribution >= 0.6 is 0 Å². The number of allylic oxidation sites excluding steroid dienone is 2. The number of Topliss-reactive ketones (excluding diaryl/α,β-unsaturated/α-hetero) is 1. The molecule has 4 aliphatic rings. The van der Waals surface area contributed by atoms with Gasteiger partial charge in [-0.1, -0.05) is 54.9 Å². The molecule has 0 spiro atoms. The Hall–Kier alpha value is -3.00. The van der Waals surface area contributed by atoms with Gasteiger partial charge in [-0.2, -0.15) is 0 Å². The third-order valence-corrected chi connectivity index (χ3v) is 11.0. The van der Waals surface area contributed by atoms with E-state index in [4.69, 9.17) is 4.84 Å². The molecule has 1 amide bonds. The number of carboxylic acids is 1. The van der Waals surface area contributed by atoms with Crippen LogP contribution in [0.3, 0.4) is 0 Å². The van der Waals surface area contributed by atoms with E-state index in [0.717, 1.165) is 56.2 Å². The van der Waals surface area contributed by atoms with Crippen LogP contribution in [0.1, 0.15) is 77.7 Å². The lowest BCUT2D eigenvalue weighted by molar-refractivity contribution is -0.159. The van der Waals surface area contributed by atoms with Crippen molar-refractivity contribution in [2.75, 3.05) is 6.61 Å². The van der Waals surface area contributed by atoms with Gasteiger partial charge in [0.2, 0.25) is 0 Å². The molecule has 1 aromatic rings. The summed E-state index contributed by atoms with van der Waals surface area (Å²) in [5.74, 6) is -0.306. The number of amides is 1. The summed E-state index contributed by atoms with van der Waals surface area (Å²) in [6, 6.07) is 8.14. The average Bonchev–Trinajstić information content (AvgIpc) is 3.20. The van der Waals surface area contributed by atoms with Gasteiger partial charge in [0.05, 0.1) is 5.71 Å². The van der Waals surface area contributed by atoms with Crippen LogP contribution in [0.2, 0.25) is 0 Å². The first-order valence-corrected chi connectivity index (χ1v) is 14.7. The number of carboxylic acid groups (broad SMARTS) is 1. The monoisotopic (exact) mass is 550 g/mol. The van der Waals surface area contributed by atoms with Gasteiger partial charge in [0, 0.05) is 11.8 Å². The Morgan fingerprint density at radius 2 is 1.77 bits per heavy atom. The highest BCUT2D eigenvalue weighted by molar-refractivity contribution is 5.96. The van der Waals surface area contributed by atoms with Crippen molar-refractivity contribution in [3.05, 3.63) is 47.5 Å². The number of carbonyl (C=O) groups is 3. The predicted molar refractivity (Wildman–Crippen MR) is 150 cm³/mol. The van der Waals surface area contributed by atoms with Crippen LogP contribution in [0, 0.1) is 28.6 Å². The molecule has 8 heteroatoms. The molecule has 0 aliphatic heterocycles. The maximum absolute atomic E-state index is 12.5. The molecule has 216 valence electrons. The number of hydrogen-bond donors (Lipinski definition) is 3. The first kappa shape index (κ1) is 28.5. The summed E-state index contributed by atoms with van der Waals surface area (Å²) < 4.78 is 0. The second kappa shape index (κ2) is 10.8. The van der Waals surface area contributed by atoms with E-state index in [1.807, 2.05) is 30.3 Å². The summed E-state index contributed by atoms with van der Waals surface area (Å²) in [6.07, 6.45) is 9.42. The molecule has 40 heavy (non-hydrogen) atoms. The Kier molecular flexibility index (Phi) is 7.68. The Balaban J connectivity index is 1.20. The minimum absolute atomic E-state index is 0.0592. The van der Waals surface area contributed by atoms with E-state index in [1.54, 1.807) is 6.92 Å². The number of fused-ring (bicyclic) bond motifs is 5. The molecular weight excluding hydrogens is 508 g/mol. The number of benzene rings is 1. The quantitative estimate of drug-likeness (QED) is 0.411. The molecule has 3 fully saturated rings. The van der Waals surface area contributed by atoms with Gasteiger partial charge in [-0.05, 0) is 93.1 Å². The van der Waals surface area contributed by atoms with Gasteiger partial charge in [-0.15, -0.1) is 0 Å². The predicted octanol–water partition coefficient (Wildman–Crippen LogP) is 4.45. The highest BCUT2D eigenvalue weighted by atomic mass is 16.6. The molecule has 1 aromatic carbocycles.